The Morgan fingerprint density at radius 1 is 0.426 bits per heavy atom. The number of aliphatic hydroxyl groups excluding tert-OH is 2. The van der Waals surface area contributed by atoms with Crippen LogP contribution < -0.4 is 92.9 Å². The van der Waals surface area contributed by atoms with E-state index in [1.54, 1.807) is 60.7 Å². The molecule has 0 radical (unpaired) electrons. The SMILES string of the molecule is NCCCC[C@H](NC(=O)[C@H](CS)NC(=O)[C@H](CO)NC(=O)[C@H](CO)NC(=O)[C@H](Cc1ccccc1)NC(=O)CNC(=O)[C@H](CC(=O)O)NC(=O)[C@H](CS)NC(=O)[C@@H](N)Cc1ccccc1)C(=O)NCC(=O)N[C@@H](CCCN=C(N)N)C(=O)N[C@@H](CCCN=C(N)N)C(=O)O. The number of carbonyl (C=O) groups is 13. The number of aliphatic imine (C=N–C) groups is 2. The van der Waals surface area contributed by atoms with E-state index in [0.717, 1.165) is 5.56 Å². The van der Waals surface area contributed by atoms with Gasteiger partial charge in [0.15, 0.2) is 11.9 Å². The fraction of sp³-hybridized carbons (Fsp3) is 0.518. The maximum absolute atomic E-state index is 13.9. The number of hydrogen-bond acceptors (Lipinski definition) is 21. The van der Waals surface area contributed by atoms with E-state index in [4.69, 9.17) is 34.4 Å². The maximum atomic E-state index is 13.9. The molecular weight excluding hydrogens is 1270 g/mol. The molecular formula is C56H87N19O17S2. The molecule has 36 nitrogen and oxygen atoms in total. The molecule has 27 N–H and O–H groups in total. The summed E-state index contributed by atoms with van der Waals surface area (Å²) >= 11 is 8.25. The maximum Gasteiger partial charge on any atom is 0.326 e. The van der Waals surface area contributed by atoms with Crippen LogP contribution in [0.5, 0.6) is 0 Å². The predicted octanol–water partition coefficient (Wildman–Crippen LogP) is -8.97. The summed E-state index contributed by atoms with van der Waals surface area (Å²) in [5, 5.41) is 65.4. The number of benzene rings is 2. The summed E-state index contributed by atoms with van der Waals surface area (Å²) in [5.41, 5.74) is 34.3. The first-order chi connectivity index (χ1) is 44.7. The van der Waals surface area contributed by atoms with Gasteiger partial charge in [0, 0.05) is 31.0 Å². The summed E-state index contributed by atoms with van der Waals surface area (Å²) in [5.74, 6) is -15.4. The van der Waals surface area contributed by atoms with Gasteiger partial charge >= 0.3 is 11.9 Å². The number of carbonyl (C=O) groups excluding carboxylic acids is 11. The van der Waals surface area contributed by atoms with Gasteiger partial charge in [-0.3, -0.25) is 67.5 Å². The number of carboxylic acid groups (broad SMARTS) is 2. The quantitative estimate of drug-likeness (QED) is 0.0127. The monoisotopic (exact) mass is 1360 g/mol. The second-order valence-electron chi connectivity index (χ2n) is 20.9. The Labute approximate surface area is 551 Å². The molecule has 0 aliphatic rings. The Hall–Kier alpha value is -9.37. The van der Waals surface area contributed by atoms with Gasteiger partial charge in [-0.2, -0.15) is 25.3 Å². The van der Waals surface area contributed by atoms with Crippen molar-refractivity contribution >= 4 is 114 Å². The number of thiol groups is 2. The summed E-state index contributed by atoms with van der Waals surface area (Å²) in [7, 11) is 0. The summed E-state index contributed by atoms with van der Waals surface area (Å²) in [4.78, 5) is 179. The standard InChI is InChI=1S/C56H87N19O17S2/c57-18-8-7-15-33(46(83)65-24-42(78)67-34(16-9-19-63-55(59)60)48(85)70-35(54(91)92)17-10-20-64-56(61)62)69-52(89)41(29-94)75-51(88)39(27-77)73-50(87)38(26-76)72-49(86)36(22-31-13-5-2-6-14-31)68-43(79)25-66-47(84)37(23-44(80)81)71-53(90)40(28-93)74-45(82)32(58)21-30-11-3-1-4-12-30/h1-6,11-14,32-41,76-77,93-94H,7-10,15-29,57-58H2,(H,65,83)(H,66,84)(H,67,78)(H,68,79)(H,69,89)(H,70,85)(H,71,90)(H,72,86)(H,73,87)(H,74,82)(H,75,88)(H,80,81)(H,91,92)(H4,59,60,63)(H4,61,62,64)/t32-,33-,34-,35-,36-,37-,38-,39-,40-,41-/m0/s1. The van der Waals surface area contributed by atoms with E-state index in [-0.39, 0.29) is 88.7 Å². The molecule has 0 spiro atoms. The Bertz CT molecular complexity index is 2910. The number of amides is 11. The van der Waals surface area contributed by atoms with E-state index in [0.29, 0.717) is 12.0 Å². The van der Waals surface area contributed by atoms with Crippen LogP contribution >= 0.6 is 25.3 Å². The van der Waals surface area contributed by atoms with Gasteiger partial charge in [-0.25, -0.2) is 4.79 Å². The van der Waals surface area contributed by atoms with Gasteiger partial charge in [0.2, 0.25) is 65.0 Å². The Kier molecular flexibility index (Phi) is 38.0. The summed E-state index contributed by atoms with van der Waals surface area (Å²) in [6, 6.07) is 1.44. The molecule has 0 saturated carbocycles. The molecule has 11 amide bonds. The first-order valence-corrected chi connectivity index (χ1v) is 30.7. The number of hydrogen-bond donors (Lipinski definition) is 23. The normalized spacial score (nSPS) is 14.0. The lowest BCUT2D eigenvalue weighted by Crippen LogP contribution is -2.61. The van der Waals surface area contributed by atoms with Gasteiger partial charge in [0.1, 0.15) is 54.4 Å². The topological polar surface area (TPSA) is 616 Å². The van der Waals surface area contributed by atoms with Crippen molar-refractivity contribution in [2.75, 3.05) is 57.4 Å². The van der Waals surface area contributed by atoms with E-state index in [1.165, 1.54) is 0 Å². The second-order valence-corrected chi connectivity index (χ2v) is 21.7. The van der Waals surface area contributed by atoms with Gasteiger partial charge in [-0.05, 0) is 69.0 Å². The van der Waals surface area contributed by atoms with Crippen LogP contribution in [0.25, 0.3) is 0 Å². The molecule has 2 aromatic rings. The fourth-order valence-corrected chi connectivity index (χ4v) is 8.97. The van der Waals surface area contributed by atoms with Gasteiger partial charge < -0.3 is 113 Å². The first-order valence-electron chi connectivity index (χ1n) is 29.5. The average molecular weight is 1360 g/mol. The minimum absolute atomic E-state index is 0.0280. The van der Waals surface area contributed by atoms with Crippen LogP contribution in [0.15, 0.2) is 70.6 Å². The molecule has 0 saturated heterocycles. The fourth-order valence-electron chi connectivity index (χ4n) is 8.46. The highest BCUT2D eigenvalue weighted by molar-refractivity contribution is 7.80. The Morgan fingerprint density at radius 2 is 0.787 bits per heavy atom. The van der Waals surface area contributed by atoms with Crippen LogP contribution in [-0.2, 0) is 75.2 Å². The summed E-state index contributed by atoms with van der Waals surface area (Å²) in [6.07, 6.45) is -0.425. The molecule has 520 valence electrons. The summed E-state index contributed by atoms with van der Waals surface area (Å²) in [6.45, 7) is -3.64. The predicted molar refractivity (Wildman–Crippen MR) is 346 cm³/mol. The van der Waals surface area contributed by atoms with Crippen LogP contribution in [0.2, 0.25) is 0 Å². The van der Waals surface area contributed by atoms with Crippen LogP contribution in [0.4, 0.5) is 0 Å². The highest BCUT2D eigenvalue weighted by Crippen LogP contribution is 2.09. The molecule has 94 heavy (non-hydrogen) atoms. The largest absolute Gasteiger partial charge is 0.481 e. The van der Waals surface area contributed by atoms with Crippen molar-refractivity contribution in [3.63, 3.8) is 0 Å². The van der Waals surface area contributed by atoms with E-state index in [2.05, 4.69) is 93.7 Å². The van der Waals surface area contributed by atoms with Gasteiger partial charge in [-0.1, -0.05) is 60.7 Å². The minimum atomic E-state index is -1.88. The number of nitrogens with zero attached hydrogens (tertiary/aromatic N) is 2. The van der Waals surface area contributed by atoms with Crippen molar-refractivity contribution in [3.8, 4) is 0 Å². The molecule has 0 aliphatic heterocycles. The molecule has 0 aliphatic carbocycles. The van der Waals surface area contributed by atoms with Gasteiger partial charge in [0.05, 0.1) is 38.8 Å². The first kappa shape index (κ1) is 80.7. The highest BCUT2D eigenvalue weighted by atomic mass is 32.1. The average Bonchev–Trinajstić information content (AvgIpc) is 0.990. The number of aliphatic hydroxyl groups is 2. The molecule has 2 aromatic carbocycles. The smallest absolute Gasteiger partial charge is 0.326 e. The van der Waals surface area contributed by atoms with E-state index < -0.39 is 176 Å². The zero-order valence-corrected chi connectivity index (χ0v) is 53.1. The third kappa shape index (κ3) is 31.8. The van der Waals surface area contributed by atoms with E-state index in [9.17, 15) is 82.8 Å². The molecule has 0 bridgehead atoms. The molecule has 0 unspecified atom stereocenters. The summed E-state index contributed by atoms with van der Waals surface area (Å²) < 4.78 is 0. The van der Waals surface area contributed by atoms with Crippen LogP contribution in [0.3, 0.4) is 0 Å². The molecule has 38 heteroatoms. The Balaban J connectivity index is 2.17. The van der Waals surface area contributed by atoms with Crippen LogP contribution in [0, 0.1) is 0 Å². The highest BCUT2D eigenvalue weighted by Gasteiger charge is 2.34. The molecule has 0 heterocycles. The zero-order valence-electron chi connectivity index (χ0n) is 51.3. The number of nitrogens with one attached hydrogen (secondary N) is 11. The second kappa shape index (κ2) is 44.2. The van der Waals surface area contributed by atoms with Crippen molar-refractivity contribution < 1.29 is 82.8 Å². The van der Waals surface area contributed by atoms with Crippen LogP contribution in [0.1, 0.15) is 62.5 Å². The third-order valence-corrected chi connectivity index (χ3v) is 14.2. The minimum Gasteiger partial charge on any atom is -0.481 e. The lowest BCUT2D eigenvalue weighted by Gasteiger charge is -2.26. The number of nitrogens with two attached hydrogens (primary N) is 6. The van der Waals surface area contributed by atoms with E-state index >= 15 is 0 Å². The van der Waals surface area contributed by atoms with Crippen molar-refractivity contribution in [1.29, 1.82) is 0 Å². The lowest BCUT2D eigenvalue weighted by molar-refractivity contribution is -0.142. The van der Waals surface area contributed by atoms with Crippen LogP contribution in [-0.4, -0.2) is 227 Å². The van der Waals surface area contributed by atoms with Gasteiger partial charge in [0.25, 0.3) is 0 Å². The van der Waals surface area contributed by atoms with Crippen molar-refractivity contribution in [2.45, 2.75) is 125 Å². The number of aliphatic carboxylic acids is 2. The third-order valence-electron chi connectivity index (χ3n) is 13.4. The van der Waals surface area contributed by atoms with E-state index in [1.807, 2.05) is 0 Å². The number of unbranched alkanes of at least 4 members (excludes halogenated alkanes) is 1. The molecule has 0 fully saturated rings. The van der Waals surface area contributed by atoms with Crippen molar-refractivity contribution in [3.05, 3.63) is 71.8 Å². The van der Waals surface area contributed by atoms with Crippen molar-refractivity contribution in [2.24, 2.45) is 44.4 Å². The number of rotatable bonds is 45. The van der Waals surface area contributed by atoms with Gasteiger partial charge in [-0.15, -0.1) is 0 Å². The zero-order chi connectivity index (χ0) is 70.3. The van der Waals surface area contributed by atoms with Crippen molar-refractivity contribution in [1.82, 2.24) is 58.5 Å². The number of carboxylic acids is 2. The molecule has 10 atom stereocenters. The Morgan fingerprint density at radius 3 is 1.23 bits per heavy atom. The lowest BCUT2D eigenvalue weighted by atomic mass is 10.0. The number of guanidine groups is 2. The molecule has 0 aromatic heterocycles. The molecule has 2 rings (SSSR count).